The molecule has 0 aromatic carbocycles. The van der Waals surface area contributed by atoms with Gasteiger partial charge in [0.1, 0.15) is 6.04 Å². The number of sulfonamides is 1. The van der Waals surface area contributed by atoms with Gasteiger partial charge in [-0.3, -0.25) is 0 Å². The van der Waals surface area contributed by atoms with Gasteiger partial charge in [0.25, 0.3) is 0 Å². The third-order valence-corrected chi connectivity index (χ3v) is 2.90. The molecule has 0 saturated carbocycles. The number of rotatable bonds is 6. The highest BCUT2D eigenvalue weighted by Crippen LogP contribution is 2.01. The van der Waals surface area contributed by atoms with Crippen molar-refractivity contribution in [1.29, 1.82) is 0 Å². The van der Waals surface area contributed by atoms with Gasteiger partial charge in [-0.2, -0.15) is 0 Å². The third kappa shape index (κ3) is 6.07. The maximum atomic E-state index is 11.4. The number of primary sulfonamides is 1. The van der Waals surface area contributed by atoms with Crippen molar-refractivity contribution < 1.29 is 23.1 Å². The highest BCUT2D eigenvalue weighted by atomic mass is 32.2. The van der Waals surface area contributed by atoms with E-state index < -0.39 is 33.8 Å². The van der Waals surface area contributed by atoms with Gasteiger partial charge in [0.05, 0.1) is 5.75 Å². The lowest BCUT2D eigenvalue weighted by Gasteiger charge is -2.23. The summed E-state index contributed by atoms with van der Waals surface area (Å²) in [6, 6.07) is -1.59. The van der Waals surface area contributed by atoms with E-state index in [9.17, 15) is 18.0 Å². The van der Waals surface area contributed by atoms with E-state index in [1.807, 2.05) is 0 Å². The quantitative estimate of drug-likeness (QED) is 0.555. The summed E-state index contributed by atoms with van der Waals surface area (Å²) in [4.78, 5) is 23.2. The summed E-state index contributed by atoms with van der Waals surface area (Å²) in [5.74, 6) is -1.51. The fourth-order valence-electron chi connectivity index (χ4n) is 1.18. The maximum absolute atomic E-state index is 11.4. The van der Waals surface area contributed by atoms with Gasteiger partial charge in [-0.05, 0) is 6.42 Å². The number of nitrogens with zero attached hydrogens (tertiary/aromatic N) is 1. The first-order valence-corrected chi connectivity index (χ1v) is 6.64. The summed E-state index contributed by atoms with van der Waals surface area (Å²) < 4.78 is 21.2. The molecule has 0 bridgehead atoms. The highest BCUT2D eigenvalue weighted by Gasteiger charge is 2.24. The molecule has 1 unspecified atom stereocenters. The number of carbonyl (C=O) groups is 2. The molecule has 0 heterocycles. The first-order valence-electron chi connectivity index (χ1n) is 4.93. The summed E-state index contributed by atoms with van der Waals surface area (Å²) in [6.07, 6.45) is 0.258. The monoisotopic (exact) mass is 267 g/mol. The van der Waals surface area contributed by atoms with Crippen LogP contribution in [0.25, 0.3) is 0 Å². The Kier molecular flexibility index (Phi) is 5.89. The van der Waals surface area contributed by atoms with Gasteiger partial charge in [0, 0.05) is 13.6 Å². The molecule has 0 spiro atoms. The Labute approximate surface area is 99.8 Å². The Hall–Kier alpha value is -1.35. The largest absolute Gasteiger partial charge is 0.480 e. The average Bonchev–Trinajstić information content (AvgIpc) is 2.15. The predicted octanol–water partition coefficient (Wildman–Crippen LogP) is -1.22. The van der Waals surface area contributed by atoms with Gasteiger partial charge >= 0.3 is 12.0 Å². The van der Waals surface area contributed by atoms with Crippen molar-refractivity contribution in [3.8, 4) is 0 Å². The van der Waals surface area contributed by atoms with Crippen LogP contribution in [0, 0.1) is 0 Å². The molecule has 100 valence electrons. The zero-order valence-electron chi connectivity index (χ0n) is 9.71. The minimum Gasteiger partial charge on any atom is -0.480 e. The molecule has 17 heavy (non-hydrogen) atoms. The molecule has 0 aromatic rings. The van der Waals surface area contributed by atoms with Gasteiger partial charge in [0.15, 0.2) is 0 Å². The molecule has 0 aromatic heterocycles. The van der Waals surface area contributed by atoms with Crippen LogP contribution in [0.4, 0.5) is 4.79 Å². The van der Waals surface area contributed by atoms with Crippen LogP contribution in [-0.4, -0.2) is 55.8 Å². The molecule has 2 amide bonds. The number of hydrogen-bond acceptors (Lipinski definition) is 4. The van der Waals surface area contributed by atoms with Crippen LogP contribution in [0.3, 0.4) is 0 Å². The summed E-state index contributed by atoms with van der Waals surface area (Å²) in [6.45, 7) is 1.48. The van der Waals surface area contributed by atoms with Crippen LogP contribution in [0.5, 0.6) is 0 Å². The minimum absolute atomic E-state index is 0.155. The summed E-state index contributed by atoms with van der Waals surface area (Å²) >= 11 is 0. The fourth-order valence-corrected chi connectivity index (χ4v) is 1.57. The van der Waals surface area contributed by atoms with Crippen molar-refractivity contribution >= 4 is 22.0 Å². The smallest absolute Gasteiger partial charge is 0.326 e. The lowest BCUT2D eigenvalue weighted by molar-refractivity contribution is -0.141. The fraction of sp³-hybridized carbons (Fsp3) is 0.750. The molecule has 0 saturated heterocycles. The molecule has 0 aliphatic heterocycles. The molecule has 0 aliphatic rings. The number of carbonyl (C=O) groups excluding carboxylic acids is 1. The zero-order chi connectivity index (χ0) is 13.6. The predicted molar refractivity (Wildman–Crippen MR) is 60.9 cm³/mol. The number of nitrogens with one attached hydrogen (secondary N) is 1. The van der Waals surface area contributed by atoms with Crippen molar-refractivity contribution in [2.75, 3.05) is 19.3 Å². The second-order valence-corrected chi connectivity index (χ2v) is 5.21. The Morgan fingerprint density at radius 1 is 1.47 bits per heavy atom. The molecule has 0 aliphatic carbocycles. The lowest BCUT2D eigenvalue weighted by Crippen LogP contribution is -2.48. The number of amides is 2. The Morgan fingerprint density at radius 3 is 2.35 bits per heavy atom. The standard InChI is InChI=1S/C8H17N3O5S/c1-3-6(7(12)13)11(2)8(14)10-4-5-17(9,15)16/h6H,3-5H2,1-2H3,(H,10,14)(H,12,13)(H2,9,15,16). The van der Waals surface area contributed by atoms with Crippen LogP contribution in [-0.2, 0) is 14.8 Å². The summed E-state index contributed by atoms with van der Waals surface area (Å²) in [5.41, 5.74) is 0. The van der Waals surface area contributed by atoms with E-state index in [2.05, 4.69) is 5.32 Å². The lowest BCUT2D eigenvalue weighted by atomic mass is 10.2. The van der Waals surface area contributed by atoms with Crippen LogP contribution in [0.2, 0.25) is 0 Å². The molecule has 8 nitrogen and oxygen atoms in total. The van der Waals surface area contributed by atoms with Crippen LogP contribution in [0.1, 0.15) is 13.3 Å². The molecule has 0 fully saturated rings. The molecule has 1 atom stereocenters. The SMILES string of the molecule is CCC(C(=O)O)N(C)C(=O)NCCS(N)(=O)=O. The van der Waals surface area contributed by atoms with Crippen molar-refractivity contribution in [3.05, 3.63) is 0 Å². The van der Waals surface area contributed by atoms with Gasteiger partial charge in [-0.15, -0.1) is 0 Å². The van der Waals surface area contributed by atoms with Crippen molar-refractivity contribution in [2.24, 2.45) is 5.14 Å². The van der Waals surface area contributed by atoms with Crippen molar-refractivity contribution in [2.45, 2.75) is 19.4 Å². The van der Waals surface area contributed by atoms with Gasteiger partial charge < -0.3 is 15.3 Å². The zero-order valence-corrected chi connectivity index (χ0v) is 10.5. The van der Waals surface area contributed by atoms with E-state index in [1.165, 1.54) is 7.05 Å². The summed E-state index contributed by atoms with van der Waals surface area (Å²) in [5, 5.41) is 15.8. The van der Waals surface area contributed by atoms with Gasteiger partial charge in [-0.25, -0.2) is 23.1 Å². The van der Waals surface area contributed by atoms with Crippen molar-refractivity contribution in [3.63, 3.8) is 0 Å². The Morgan fingerprint density at radius 2 is 2.00 bits per heavy atom. The number of nitrogens with two attached hydrogens (primary N) is 1. The van der Waals surface area contributed by atoms with E-state index in [0.29, 0.717) is 0 Å². The number of urea groups is 1. The highest BCUT2D eigenvalue weighted by molar-refractivity contribution is 7.89. The van der Waals surface area contributed by atoms with Gasteiger partial charge in [0.2, 0.25) is 10.0 Å². The molecule has 0 radical (unpaired) electrons. The molecule has 0 rings (SSSR count). The molecule has 4 N–H and O–H groups in total. The number of hydrogen-bond donors (Lipinski definition) is 3. The van der Waals surface area contributed by atoms with Gasteiger partial charge in [-0.1, -0.05) is 6.92 Å². The number of carboxylic acid groups (broad SMARTS) is 1. The van der Waals surface area contributed by atoms with Crippen LogP contribution in [0.15, 0.2) is 0 Å². The third-order valence-electron chi connectivity index (χ3n) is 2.12. The first-order chi connectivity index (χ1) is 7.69. The van der Waals surface area contributed by atoms with E-state index in [1.54, 1.807) is 6.92 Å². The normalized spacial score (nSPS) is 12.9. The number of likely N-dealkylation sites (N-methyl/N-ethyl adjacent to an activating group) is 1. The average molecular weight is 267 g/mol. The second kappa shape index (κ2) is 6.40. The minimum atomic E-state index is -3.64. The van der Waals surface area contributed by atoms with Crippen molar-refractivity contribution in [1.82, 2.24) is 10.2 Å². The molecular formula is C8H17N3O5S. The van der Waals surface area contributed by atoms with E-state index in [0.717, 1.165) is 4.90 Å². The van der Waals surface area contributed by atoms with E-state index in [4.69, 9.17) is 10.2 Å². The number of carboxylic acids is 1. The molecule has 9 heteroatoms. The second-order valence-electron chi connectivity index (χ2n) is 3.47. The first kappa shape index (κ1) is 15.7. The Balaban J connectivity index is 4.27. The summed E-state index contributed by atoms with van der Waals surface area (Å²) in [7, 11) is -2.31. The van der Waals surface area contributed by atoms with Crippen LogP contribution < -0.4 is 10.5 Å². The van der Waals surface area contributed by atoms with E-state index in [-0.39, 0.29) is 13.0 Å². The topological polar surface area (TPSA) is 130 Å². The Bertz CT molecular complexity index is 381. The van der Waals surface area contributed by atoms with Crippen LogP contribution >= 0.6 is 0 Å². The maximum Gasteiger partial charge on any atom is 0.326 e. The number of aliphatic carboxylic acids is 1. The van der Waals surface area contributed by atoms with E-state index >= 15 is 0 Å². The molecular weight excluding hydrogens is 250 g/mol.